The normalized spacial score (nSPS) is 17.2. The Kier molecular flexibility index (Phi) is 4.47. The van der Waals surface area contributed by atoms with Gasteiger partial charge in [0.15, 0.2) is 0 Å². The molecule has 1 heterocycles. The van der Waals surface area contributed by atoms with Crippen LogP contribution in [-0.4, -0.2) is 40.4 Å². The van der Waals surface area contributed by atoms with Crippen LogP contribution in [0, 0.1) is 0 Å². The number of piperidine rings is 1. The van der Waals surface area contributed by atoms with Crippen LogP contribution in [0.3, 0.4) is 0 Å². The first-order valence-electron chi connectivity index (χ1n) is 6.18. The van der Waals surface area contributed by atoms with Crippen molar-refractivity contribution in [1.82, 2.24) is 4.90 Å². The van der Waals surface area contributed by atoms with Crippen LogP contribution in [-0.2, 0) is 4.79 Å². The molecule has 1 saturated heterocycles. The number of thioether (sulfide) groups is 1. The minimum atomic E-state index is -4.78. The van der Waals surface area contributed by atoms with E-state index in [0.717, 1.165) is 9.80 Å². The summed E-state index contributed by atoms with van der Waals surface area (Å²) in [6.07, 6.45) is -3.71. The lowest BCUT2D eigenvalue weighted by molar-refractivity contribution is -0.186. The highest BCUT2D eigenvalue weighted by Gasteiger charge is 2.43. The second kappa shape index (κ2) is 5.95. The van der Waals surface area contributed by atoms with Crippen molar-refractivity contribution in [3.63, 3.8) is 0 Å². The van der Waals surface area contributed by atoms with Crippen molar-refractivity contribution in [1.29, 1.82) is 0 Å². The lowest BCUT2D eigenvalue weighted by Crippen LogP contribution is -2.45. The van der Waals surface area contributed by atoms with Gasteiger partial charge in [0.05, 0.1) is 0 Å². The van der Waals surface area contributed by atoms with Crippen molar-refractivity contribution >= 4 is 17.7 Å². The number of amides is 1. The maximum atomic E-state index is 12.3. The van der Waals surface area contributed by atoms with Crippen LogP contribution < -0.4 is 0 Å². The Morgan fingerprint density at radius 1 is 1.20 bits per heavy atom. The molecule has 0 atom stereocenters. The smallest absolute Gasteiger partial charge is 0.471 e. The minimum absolute atomic E-state index is 0.133. The summed E-state index contributed by atoms with van der Waals surface area (Å²) in [7, 11) is 0. The summed E-state index contributed by atoms with van der Waals surface area (Å²) in [6.45, 7) is 0.266. The molecule has 7 heteroatoms. The fraction of sp³-hybridized carbons (Fsp3) is 0.462. The van der Waals surface area contributed by atoms with Crippen LogP contribution in [0.5, 0.6) is 5.75 Å². The fourth-order valence-electron chi connectivity index (χ4n) is 2.07. The average molecular weight is 305 g/mol. The lowest BCUT2D eigenvalue weighted by atomic mass is 10.1. The van der Waals surface area contributed by atoms with E-state index in [-0.39, 0.29) is 24.1 Å². The maximum Gasteiger partial charge on any atom is 0.471 e. The Hall–Kier alpha value is -1.37. The van der Waals surface area contributed by atoms with E-state index in [2.05, 4.69) is 0 Å². The van der Waals surface area contributed by atoms with E-state index in [9.17, 15) is 23.1 Å². The molecule has 0 radical (unpaired) electrons. The molecule has 1 aromatic rings. The second-order valence-corrected chi connectivity index (χ2v) is 5.97. The topological polar surface area (TPSA) is 40.5 Å². The highest BCUT2D eigenvalue weighted by Crippen LogP contribution is 2.32. The van der Waals surface area contributed by atoms with Gasteiger partial charge in [0.25, 0.3) is 0 Å². The fourth-order valence-corrected chi connectivity index (χ4v) is 3.20. The summed E-state index contributed by atoms with van der Waals surface area (Å²) >= 11 is 1.56. The zero-order chi connectivity index (χ0) is 14.8. The van der Waals surface area contributed by atoms with E-state index < -0.39 is 12.1 Å². The van der Waals surface area contributed by atoms with Gasteiger partial charge in [-0.1, -0.05) is 0 Å². The third-order valence-electron chi connectivity index (χ3n) is 3.11. The Balaban J connectivity index is 1.85. The van der Waals surface area contributed by atoms with Gasteiger partial charge in [0.1, 0.15) is 5.75 Å². The lowest BCUT2D eigenvalue weighted by Gasteiger charge is -2.32. The molecule has 0 aliphatic carbocycles. The number of alkyl halides is 3. The van der Waals surface area contributed by atoms with Gasteiger partial charge in [-0.15, -0.1) is 11.8 Å². The van der Waals surface area contributed by atoms with Crippen LogP contribution in [0.2, 0.25) is 0 Å². The standard InChI is InChI=1S/C13H14F3NO2S/c14-13(15,16)12(19)17-7-5-11(6-8-17)20-10-3-1-9(18)2-4-10/h1-4,11,18H,5-8H2. The van der Waals surface area contributed by atoms with Gasteiger partial charge in [-0.25, -0.2) is 0 Å². The summed E-state index contributed by atoms with van der Waals surface area (Å²) in [5.41, 5.74) is 0. The quantitative estimate of drug-likeness (QED) is 0.913. The van der Waals surface area contributed by atoms with Crippen molar-refractivity contribution in [2.75, 3.05) is 13.1 Å². The summed E-state index contributed by atoms with van der Waals surface area (Å²) in [5.74, 6) is -1.56. The average Bonchev–Trinajstić information content (AvgIpc) is 2.40. The first-order chi connectivity index (χ1) is 9.36. The van der Waals surface area contributed by atoms with Crippen LogP contribution in [0.25, 0.3) is 0 Å². The van der Waals surface area contributed by atoms with Crippen molar-refractivity contribution in [2.45, 2.75) is 29.2 Å². The molecule has 0 spiro atoms. The highest BCUT2D eigenvalue weighted by molar-refractivity contribution is 8.00. The van der Waals surface area contributed by atoms with E-state index >= 15 is 0 Å². The van der Waals surface area contributed by atoms with Crippen molar-refractivity contribution in [3.8, 4) is 5.75 Å². The molecular formula is C13H14F3NO2S. The molecule has 1 N–H and O–H groups in total. The molecule has 1 aliphatic rings. The highest BCUT2D eigenvalue weighted by atomic mass is 32.2. The molecule has 3 nitrogen and oxygen atoms in total. The first kappa shape index (κ1) is 15.0. The number of rotatable bonds is 2. The summed E-state index contributed by atoms with van der Waals surface area (Å²) in [4.78, 5) is 12.9. The molecule has 110 valence electrons. The van der Waals surface area contributed by atoms with Gasteiger partial charge in [-0.3, -0.25) is 4.79 Å². The molecule has 20 heavy (non-hydrogen) atoms. The monoisotopic (exact) mass is 305 g/mol. The Bertz CT molecular complexity index is 467. The molecule has 1 aliphatic heterocycles. The SMILES string of the molecule is O=C(N1CCC(Sc2ccc(O)cc2)CC1)C(F)(F)F. The van der Waals surface area contributed by atoms with Gasteiger partial charge in [-0.2, -0.15) is 13.2 Å². The minimum Gasteiger partial charge on any atom is -0.508 e. The van der Waals surface area contributed by atoms with Gasteiger partial charge in [-0.05, 0) is 37.1 Å². The zero-order valence-corrected chi connectivity index (χ0v) is 11.4. The Morgan fingerprint density at radius 3 is 2.25 bits per heavy atom. The summed E-state index contributed by atoms with van der Waals surface area (Å²) in [5, 5.41) is 9.37. The van der Waals surface area contributed by atoms with Crippen LogP contribution in [0.4, 0.5) is 13.2 Å². The van der Waals surface area contributed by atoms with Crippen LogP contribution >= 0.6 is 11.8 Å². The maximum absolute atomic E-state index is 12.3. The number of carbonyl (C=O) groups excluding carboxylic acids is 1. The Labute approximate surface area is 118 Å². The second-order valence-electron chi connectivity index (χ2n) is 4.60. The molecule has 0 aromatic heterocycles. The summed E-state index contributed by atoms with van der Waals surface area (Å²) < 4.78 is 36.9. The van der Waals surface area contributed by atoms with E-state index in [0.29, 0.717) is 12.8 Å². The number of phenolic OH excluding ortho intramolecular Hbond substituents is 1. The number of phenols is 1. The number of nitrogens with zero attached hydrogens (tertiary/aromatic N) is 1. The molecule has 0 unspecified atom stereocenters. The third-order valence-corrected chi connectivity index (χ3v) is 4.46. The molecule has 2 rings (SSSR count). The van der Waals surface area contributed by atoms with Crippen molar-refractivity contribution < 1.29 is 23.1 Å². The van der Waals surface area contributed by atoms with Crippen molar-refractivity contribution in [2.24, 2.45) is 0 Å². The van der Waals surface area contributed by atoms with Gasteiger partial charge in [0.2, 0.25) is 0 Å². The van der Waals surface area contributed by atoms with Crippen LogP contribution in [0.1, 0.15) is 12.8 Å². The van der Waals surface area contributed by atoms with Gasteiger partial charge >= 0.3 is 12.1 Å². The first-order valence-corrected chi connectivity index (χ1v) is 7.06. The van der Waals surface area contributed by atoms with E-state index in [4.69, 9.17) is 0 Å². The molecule has 1 fully saturated rings. The molecule has 1 aromatic carbocycles. The van der Waals surface area contributed by atoms with Crippen LogP contribution in [0.15, 0.2) is 29.2 Å². The largest absolute Gasteiger partial charge is 0.508 e. The zero-order valence-electron chi connectivity index (χ0n) is 10.6. The Morgan fingerprint density at radius 2 is 1.75 bits per heavy atom. The third kappa shape index (κ3) is 3.82. The molecule has 1 amide bonds. The number of halogens is 3. The molecular weight excluding hydrogens is 291 g/mol. The van der Waals surface area contributed by atoms with Gasteiger partial charge < -0.3 is 10.0 Å². The number of carbonyl (C=O) groups is 1. The number of aromatic hydroxyl groups is 1. The number of benzene rings is 1. The van der Waals surface area contributed by atoms with E-state index in [1.54, 1.807) is 36.0 Å². The van der Waals surface area contributed by atoms with Gasteiger partial charge in [0, 0.05) is 23.2 Å². The van der Waals surface area contributed by atoms with E-state index in [1.165, 1.54) is 0 Å². The molecule has 0 bridgehead atoms. The van der Waals surface area contributed by atoms with E-state index in [1.807, 2.05) is 0 Å². The molecule has 0 saturated carbocycles. The number of likely N-dealkylation sites (tertiary alicyclic amines) is 1. The predicted molar refractivity (Wildman–Crippen MR) is 69.6 cm³/mol. The summed E-state index contributed by atoms with van der Waals surface area (Å²) in [6, 6.07) is 6.69. The number of hydrogen-bond acceptors (Lipinski definition) is 3. The predicted octanol–water partition coefficient (Wildman–Crippen LogP) is 3.04. The van der Waals surface area contributed by atoms with Crippen molar-refractivity contribution in [3.05, 3.63) is 24.3 Å². The number of hydrogen-bond donors (Lipinski definition) is 1.